The van der Waals surface area contributed by atoms with E-state index in [9.17, 15) is 9.59 Å². The molecular formula is C17H29N2O4+. The second-order valence-electron chi connectivity index (χ2n) is 7.90. The maximum atomic E-state index is 12.8. The summed E-state index contributed by atoms with van der Waals surface area (Å²) in [5.74, 6) is -0.337. The van der Waals surface area contributed by atoms with Gasteiger partial charge in [-0.25, -0.2) is 0 Å². The Labute approximate surface area is 137 Å². The van der Waals surface area contributed by atoms with Crippen molar-refractivity contribution in [3.8, 4) is 0 Å². The summed E-state index contributed by atoms with van der Waals surface area (Å²) in [6, 6.07) is 0. The molecular weight excluding hydrogens is 296 g/mol. The van der Waals surface area contributed by atoms with E-state index in [4.69, 9.17) is 9.47 Å². The second kappa shape index (κ2) is 5.74. The van der Waals surface area contributed by atoms with Crippen molar-refractivity contribution in [2.45, 2.75) is 45.6 Å². The first-order valence-electron chi connectivity index (χ1n) is 8.77. The lowest BCUT2D eigenvalue weighted by atomic mass is 9.66. The van der Waals surface area contributed by atoms with Crippen molar-refractivity contribution in [3.05, 3.63) is 0 Å². The van der Waals surface area contributed by atoms with E-state index in [0.29, 0.717) is 13.0 Å². The summed E-state index contributed by atoms with van der Waals surface area (Å²) in [4.78, 5) is 26.5. The summed E-state index contributed by atoms with van der Waals surface area (Å²) in [7, 11) is 0. The van der Waals surface area contributed by atoms with Crippen molar-refractivity contribution in [3.63, 3.8) is 0 Å². The zero-order valence-corrected chi connectivity index (χ0v) is 14.5. The molecule has 0 aromatic rings. The van der Waals surface area contributed by atoms with Gasteiger partial charge in [-0.2, -0.15) is 0 Å². The Morgan fingerprint density at radius 1 is 1.22 bits per heavy atom. The van der Waals surface area contributed by atoms with Crippen LogP contribution < -0.4 is 10.2 Å². The fourth-order valence-corrected chi connectivity index (χ4v) is 4.34. The van der Waals surface area contributed by atoms with Crippen molar-refractivity contribution < 1.29 is 24.0 Å². The van der Waals surface area contributed by atoms with E-state index in [2.05, 4.69) is 5.32 Å². The lowest BCUT2D eigenvalue weighted by Crippen LogP contribution is -3.14. The zero-order valence-electron chi connectivity index (χ0n) is 14.5. The average molecular weight is 325 g/mol. The van der Waals surface area contributed by atoms with Gasteiger partial charge in [0.25, 0.3) is 5.91 Å². The van der Waals surface area contributed by atoms with Crippen molar-refractivity contribution >= 4 is 11.9 Å². The van der Waals surface area contributed by atoms with Crippen LogP contribution in [-0.4, -0.2) is 56.9 Å². The van der Waals surface area contributed by atoms with Crippen LogP contribution in [0.3, 0.4) is 0 Å². The lowest BCUT2D eigenvalue weighted by Gasteiger charge is -2.35. The molecule has 1 aliphatic carbocycles. The zero-order chi connectivity index (χ0) is 16.7. The minimum absolute atomic E-state index is 0.117. The van der Waals surface area contributed by atoms with Gasteiger partial charge in [0.1, 0.15) is 13.1 Å². The first-order valence-corrected chi connectivity index (χ1v) is 8.77. The van der Waals surface area contributed by atoms with Gasteiger partial charge in [-0.15, -0.1) is 0 Å². The number of quaternary nitrogens is 1. The topological polar surface area (TPSA) is 69.1 Å². The third-order valence-corrected chi connectivity index (χ3v) is 6.64. The number of fused-ring (bicyclic) bond motifs is 2. The van der Waals surface area contributed by atoms with Crippen LogP contribution in [0, 0.1) is 10.8 Å². The molecule has 23 heavy (non-hydrogen) atoms. The number of amides is 1. The Morgan fingerprint density at radius 2 is 1.91 bits per heavy atom. The Morgan fingerprint density at radius 3 is 2.48 bits per heavy atom. The molecule has 1 saturated carbocycles. The molecule has 2 aliphatic heterocycles. The molecule has 130 valence electrons. The summed E-state index contributed by atoms with van der Waals surface area (Å²) >= 11 is 0. The Bertz CT molecular complexity index is 501. The van der Waals surface area contributed by atoms with E-state index >= 15 is 0 Å². The number of hydrogen-bond acceptors (Lipinski definition) is 4. The van der Waals surface area contributed by atoms with Crippen LogP contribution >= 0.6 is 0 Å². The van der Waals surface area contributed by atoms with E-state index in [1.54, 1.807) is 0 Å². The summed E-state index contributed by atoms with van der Waals surface area (Å²) in [6.07, 6.45) is 2.29. The number of hydrogen-bond donors (Lipinski definition) is 2. The van der Waals surface area contributed by atoms with Crippen molar-refractivity contribution in [2.24, 2.45) is 10.8 Å². The highest BCUT2D eigenvalue weighted by atomic mass is 16.6. The number of nitrogens with one attached hydrogen (secondary N) is 2. The summed E-state index contributed by atoms with van der Waals surface area (Å²) in [5.41, 5.74) is -1.98. The molecule has 2 bridgehead atoms. The normalized spacial score (nSPS) is 36.0. The van der Waals surface area contributed by atoms with Crippen LogP contribution in [0.25, 0.3) is 0 Å². The van der Waals surface area contributed by atoms with Crippen LogP contribution in [0.2, 0.25) is 0 Å². The monoisotopic (exact) mass is 325 g/mol. The van der Waals surface area contributed by atoms with Gasteiger partial charge >= 0.3 is 5.97 Å². The number of esters is 1. The van der Waals surface area contributed by atoms with E-state index in [1.165, 1.54) is 4.90 Å². The average Bonchev–Trinajstić information content (AvgIpc) is 2.83. The standard InChI is InChI=1S/C17H28N2O4/c1-15(2)16(3)5-6-17(15,23-14(16)21)13(20)18-7-4-8-19-9-11-22-12-10-19/h4-12H2,1-3H3,(H,18,20)/p+1/t16-,17+/m1/s1. The number of carbonyl (C=O) groups is 2. The molecule has 3 rings (SSSR count). The van der Waals surface area contributed by atoms with Crippen molar-refractivity contribution in [2.75, 3.05) is 39.4 Å². The minimum Gasteiger partial charge on any atom is -0.448 e. The molecule has 2 atom stereocenters. The number of morpholine rings is 1. The van der Waals surface area contributed by atoms with Crippen molar-refractivity contribution in [1.82, 2.24) is 5.32 Å². The van der Waals surface area contributed by atoms with E-state index in [0.717, 1.165) is 45.7 Å². The van der Waals surface area contributed by atoms with Gasteiger partial charge < -0.3 is 19.7 Å². The maximum Gasteiger partial charge on any atom is 0.313 e. The SMILES string of the molecule is CC1(C)[C@@]2(C(=O)NCCC[NH+]3CCOCC3)CC[C@]1(C)C(=O)O2. The highest BCUT2D eigenvalue weighted by molar-refractivity contribution is 5.96. The van der Waals surface area contributed by atoms with Crippen molar-refractivity contribution in [1.29, 1.82) is 0 Å². The third kappa shape index (κ3) is 2.38. The van der Waals surface area contributed by atoms with Gasteiger partial charge in [0, 0.05) is 18.4 Å². The highest BCUT2D eigenvalue weighted by Gasteiger charge is 2.75. The largest absolute Gasteiger partial charge is 0.448 e. The van der Waals surface area contributed by atoms with Gasteiger partial charge in [-0.1, -0.05) is 13.8 Å². The van der Waals surface area contributed by atoms with E-state index in [-0.39, 0.29) is 11.9 Å². The molecule has 0 spiro atoms. The van der Waals surface area contributed by atoms with Crippen LogP contribution in [0.1, 0.15) is 40.0 Å². The first kappa shape index (κ1) is 16.7. The maximum absolute atomic E-state index is 12.8. The van der Waals surface area contributed by atoms with Crippen LogP contribution in [0.15, 0.2) is 0 Å². The number of rotatable bonds is 5. The molecule has 3 fully saturated rings. The smallest absolute Gasteiger partial charge is 0.313 e. The summed E-state index contributed by atoms with van der Waals surface area (Å²) < 4.78 is 10.9. The summed E-state index contributed by atoms with van der Waals surface area (Å²) in [5, 5.41) is 3.02. The molecule has 2 saturated heterocycles. The van der Waals surface area contributed by atoms with Crippen LogP contribution in [0.4, 0.5) is 0 Å². The molecule has 0 unspecified atom stereocenters. The second-order valence-corrected chi connectivity index (χ2v) is 7.90. The van der Waals surface area contributed by atoms with Crippen LogP contribution in [-0.2, 0) is 19.1 Å². The predicted molar refractivity (Wildman–Crippen MR) is 84.0 cm³/mol. The molecule has 0 radical (unpaired) electrons. The van der Waals surface area contributed by atoms with Gasteiger partial charge in [-0.3, -0.25) is 9.59 Å². The van der Waals surface area contributed by atoms with E-state index < -0.39 is 16.4 Å². The first-order chi connectivity index (χ1) is 10.8. The predicted octanol–water partition coefficient (Wildman–Crippen LogP) is -0.470. The highest BCUT2D eigenvalue weighted by Crippen LogP contribution is 2.65. The minimum atomic E-state index is -0.981. The molecule has 3 aliphatic rings. The molecule has 2 heterocycles. The molecule has 1 amide bonds. The van der Waals surface area contributed by atoms with Gasteiger partial charge in [0.05, 0.1) is 25.2 Å². The Hall–Kier alpha value is -1.14. The van der Waals surface area contributed by atoms with E-state index in [1.807, 2.05) is 20.8 Å². The molecule has 6 heteroatoms. The fourth-order valence-electron chi connectivity index (χ4n) is 4.34. The number of ether oxygens (including phenoxy) is 2. The Kier molecular flexibility index (Phi) is 4.17. The van der Waals surface area contributed by atoms with Gasteiger partial charge in [-0.05, 0) is 19.8 Å². The van der Waals surface area contributed by atoms with Crippen LogP contribution in [0.5, 0.6) is 0 Å². The molecule has 6 nitrogen and oxygen atoms in total. The third-order valence-electron chi connectivity index (χ3n) is 6.64. The fraction of sp³-hybridized carbons (Fsp3) is 0.882. The molecule has 0 aromatic carbocycles. The van der Waals surface area contributed by atoms with Gasteiger partial charge in [0.15, 0.2) is 5.60 Å². The number of carbonyl (C=O) groups excluding carboxylic acids is 2. The molecule has 0 aromatic heterocycles. The lowest BCUT2D eigenvalue weighted by molar-refractivity contribution is -0.908. The Balaban J connectivity index is 1.53. The molecule has 2 N–H and O–H groups in total. The summed E-state index contributed by atoms with van der Waals surface area (Å²) in [6.45, 7) is 11.3. The van der Waals surface area contributed by atoms with Gasteiger partial charge in [0.2, 0.25) is 0 Å². The quantitative estimate of drug-likeness (QED) is 0.530.